The highest BCUT2D eigenvalue weighted by molar-refractivity contribution is 7.99. The molecule has 1 aliphatic rings. The largest absolute Gasteiger partial charge is 0.372 e. The van der Waals surface area contributed by atoms with Crippen LogP contribution in [0.3, 0.4) is 0 Å². The van der Waals surface area contributed by atoms with Crippen molar-refractivity contribution in [3.8, 4) is 0 Å². The predicted molar refractivity (Wildman–Crippen MR) is 46.2 cm³/mol. The summed E-state index contributed by atoms with van der Waals surface area (Å²) in [5, 5.41) is 8.98. The highest BCUT2D eigenvalue weighted by atomic mass is 32.2. The monoisotopic (exact) mass is 185 g/mol. The number of hydrogen-bond acceptors (Lipinski definition) is 4. The van der Waals surface area contributed by atoms with Gasteiger partial charge in [-0.15, -0.1) is 10.2 Å². The van der Waals surface area contributed by atoms with Crippen molar-refractivity contribution in [3.63, 3.8) is 0 Å². The van der Waals surface area contributed by atoms with Gasteiger partial charge in [0.05, 0.1) is 12.7 Å². The normalized spacial score (nSPS) is 21.3. The van der Waals surface area contributed by atoms with Crippen molar-refractivity contribution in [2.75, 3.05) is 12.4 Å². The summed E-state index contributed by atoms with van der Waals surface area (Å²) >= 11 is 1.70. The molecule has 0 aromatic carbocycles. The zero-order valence-electron chi connectivity index (χ0n) is 7.15. The Labute approximate surface area is 75.3 Å². The summed E-state index contributed by atoms with van der Waals surface area (Å²) in [5.74, 6) is 1.95. The van der Waals surface area contributed by atoms with Crippen molar-refractivity contribution in [2.24, 2.45) is 7.05 Å². The van der Waals surface area contributed by atoms with E-state index in [1.165, 1.54) is 0 Å². The van der Waals surface area contributed by atoms with E-state index in [0.29, 0.717) is 6.10 Å². The van der Waals surface area contributed by atoms with Crippen molar-refractivity contribution in [3.05, 3.63) is 5.82 Å². The van der Waals surface area contributed by atoms with Crippen LogP contribution in [0.1, 0.15) is 5.82 Å². The maximum absolute atomic E-state index is 5.10. The molecular weight excluding hydrogens is 174 g/mol. The Balaban J connectivity index is 1.96. The summed E-state index contributed by atoms with van der Waals surface area (Å²) < 4.78 is 7.09. The molecule has 1 saturated heterocycles. The first-order valence-electron chi connectivity index (χ1n) is 3.88. The zero-order chi connectivity index (χ0) is 8.55. The average molecular weight is 185 g/mol. The molecule has 2 rings (SSSR count). The van der Waals surface area contributed by atoms with Gasteiger partial charge in [0.1, 0.15) is 5.82 Å². The number of ether oxygens (including phenoxy) is 1. The molecule has 1 aromatic heterocycles. The number of hydrogen-bond donors (Lipinski definition) is 0. The van der Waals surface area contributed by atoms with Gasteiger partial charge in [-0.05, 0) is 6.92 Å². The summed E-state index contributed by atoms with van der Waals surface area (Å²) in [6.07, 6.45) is 0.451. The van der Waals surface area contributed by atoms with Gasteiger partial charge in [-0.2, -0.15) is 0 Å². The second-order valence-electron chi connectivity index (χ2n) is 2.86. The van der Waals surface area contributed by atoms with E-state index in [4.69, 9.17) is 4.74 Å². The van der Waals surface area contributed by atoms with Crippen LogP contribution in [0.2, 0.25) is 0 Å². The minimum absolute atomic E-state index is 0.451. The molecule has 0 amide bonds. The Morgan fingerprint density at radius 2 is 2.42 bits per heavy atom. The third-order valence-electron chi connectivity index (χ3n) is 1.85. The highest BCUT2D eigenvalue weighted by Crippen LogP contribution is 2.21. The lowest BCUT2D eigenvalue weighted by Crippen LogP contribution is -1.96. The lowest BCUT2D eigenvalue weighted by atomic mass is 10.6. The van der Waals surface area contributed by atoms with Crippen LogP contribution < -0.4 is 0 Å². The summed E-state index contributed by atoms with van der Waals surface area (Å²) in [5.41, 5.74) is 0. The number of thioether (sulfide) groups is 1. The van der Waals surface area contributed by atoms with Gasteiger partial charge in [0.25, 0.3) is 0 Å². The zero-order valence-corrected chi connectivity index (χ0v) is 7.97. The second kappa shape index (κ2) is 3.06. The maximum Gasteiger partial charge on any atom is 0.191 e. The Kier molecular flexibility index (Phi) is 2.06. The predicted octanol–water partition coefficient (Wildman–Crippen LogP) is 0.614. The van der Waals surface area contributed by atoms with Gasteiger partial charge in [-0.25, -0.2) is 0 Å². The molecular formula is C7H11N3OS. The van der Waals surface area contributed by atoms with E-state index < -0.39 is 0 Å². The van der Waals surface area contributed by atoms with Crippen LogP contribution in [0.15, 0.2) is 5.16 Å². The summed E-state index contributed by atoms with van der Waals surface area (Å²) in [6, 6.07) is 0. The van der Waals surface area contributed by atoms with Gasteiger partial charge >= 0.3 is 0 Å². The Hall–Kier alpha value is -0.550. The lowest BCUT2D eigenvalue weighted by Gasteiger charge is -1.98. The molecule has 66 valence electrons. The van der Waals surface area contributed by atoms with E-state index in [2.05, 4.69) is 10.2 Å². The van der Waals surface area contributed by atoms with Crippen LogP contribution in [0.4, 0.5) is 0 Å². The quantitative estimate of drug-likeness (QED) is 0.511. The SMILES string of the molecule is Cc1nnc(SCC2CO2)n1C. The summed E-state index contributed by atoms with van der Waals surface area (Å²) in [7, 11) is 1.98. The Morgan fingerprint density at radius 1 is 1.67 bits per heavy atom. The molecule has 5 heteroatoms. The minimum atomic E-state index is 0.451. The van der Waals surface area contributed by atoms with Crippen molar-refractivity contribution in [2.45, 2.75) is 18.2 Å². The van der Waals surface area contributed by atoms with E-state index in [1.54, 1.807) is 11.8 Å². The minimum Gasteiger partial charge on any atom is -0.372 e. The molecule has 0 saturated carbocycles. The number of rotatable bonds is 3. The first-order chi connectivity index (χ1) is 5.77. The van der Waals surface area contributed by atoms with Crippen LogP contribution >= 0.6 is 11.8 Å². The molecule has 12 heavy (non-hydrogen) atoms. The smallest absolute Gasteiger partial charge is 0.191 e. The molecule has 4 nitrogen and oxygen atoms in total. The van der Waals surface area contributed by atoms with E-state index >= 15 is 0 Å². The van der Waals surface area contributed by atoms with Gasteiger partial charge in [0.15, 0.2) is 5.16 Å². The maximum atomic E-state index is 5.10. The molecule has 0 spiro atoms. The molecule has 0 bridgehead atoms. The van der Waals surface area contributed by atoms with Gasteiger partial charge in [0.2, 0.25) is 0 Å². The number of aromatic nitrogens is 3. The van der Waals surface area contributed by atoms with Crippen molar-refractivity contribution in [1.29, 1.82) is 0 Å². The Bertz CT molecular complexity index is 282. The second-order valence-corrected chi connectivity index (χ2v) is 3.84. The fourth-order valence-corrected chi connectivity index (χ4v) is 1.80. The lowest BCUT2D eigenvalue weighted by molar-refractivity contribution is 0.426. The van der Waals surface area contributed by atoms with E-state index in [-0.39, 0.29) is 0 Å². The van der Waals surface area contributed by atoms with Crippen molar-refractivity contribution in [1.82, 2.24) is 14.8 Å². The van der Waals surface area contributed by atoms with E-state index in [1.807, 2.05) is 18.5 Å². The molecule has 1 unspecified atom stereocenters. The third kappa shape index (κ3) is 1.61. The first-order valence-corrected chi connectivity index (χ1v) is 4.86. The molecule has 1 fully saturated rings. The molecule has 0 N–H and O–H groups in total. The van der Waals surface area contributed by atoms with Gasteiger partial charge in [-0.1, -0.05) is 11.8 Å². The standard InChI is InChI=1S/C7H11N3OS/c1-5-8-9-7(10(5)2)12-4-6-3-11-6/h6H,3-4H2,1-2H3. The molecule has 2 heterocycles. The van der Waals surface area contributed by atoms with E-state index in [0.717, 1.165) is 23.3 Å². The van der Waals surface area contributed by atoms with Gasteiger partial charge in [0, 0.05) is 12.8 Å². The number of epoxide rings is 1. The summed E-state index contributed by atoms with van der Waals surface area (Å²) in [6.45, 7) is 2.86. The molecule has 1 atom stereocenters. The van der Waals surface area contributed by atoms with Gasteiger partial charge in [-0.3, -0.25) is 0 Å². The fraction of sp³-hybridized carbons (Fsp3) is 0.714. The molecule has 1 aliphatic heterocycles. The van der Waals surface area contributed by atoms with Crippen molar-refractivity contribution >= 4 is 11.8 Å². The van der Waals surface area contributed by atoms with Crippen LogP contribution in [-0.2, 0) is 11.8 Å². The van der Waals surface area contributed by atoms with Crippen molar-refractivity contribution < 1.29 is 4.74 Å². The molecule has 0 radical (unpaired) electrons. The average Bonchev–Trinajstić information content (AvgIpc) is 2.82. The highest BCUT2D eigenvalue weighted by Gasteiger charge is 2.23. The van der Waals surface area contributed by atoms with Crippen LogP contribution in [0, 0.1) is 6.92 Å². The topological polar surface area (TPSA) is 43.2 Å². The number of aryl methyl sites for hydroxylation is 1. The molecule has 1 aromatic rings. The van der Waals surface area contributed by atoms with Gasteiger partial charge < -0.3 is 9.30 Å². The van der Waals surface area contributed by atoms with Crippen LogP contribution in [0.5, 0.6) is 0 Å². The summed E-state index contributed by atoms with van der Waals surface area (Å²) in [4.78, 5) is 0. The van der Waals surface area contributed by atoms with Crippen LogP contribution in [0.25, 0.3) is 0 Å². The van der Waals surface area contributed by atoms with Crippen LogP contribution in [-0.4, -0.2) is 33.2 Å². The first kappa shape index (κ1) is 8.07. The molecule has 0 aliphatic carbocycles. The van der Waals surface area contributed by atoms with E-state index in [9.17, 15) is 0 Å². The fourth-order valence-electron chi connectivity index (χ4n) is 0.845. The Morgan fingerprint density at radius 3 is 2.92 bits per heavy atom. The number of nitrogens with zero attached hydrogens (tertiary/aromatic N) is 3. The third-order valence-corrected chi connectivity index (χ3v) is 3.01.